The van der Waals surface area contributed by atoms with Crippen molar-refractivity contribution in [3.63, 3.8) is 0 Å². The third-order valence-electron chi connectivity index (χ3n) is 11.0. The molecule has 3 aromatic heterocycles. The standard InChI is InChI=1S/C39H38F2N10O3S/c40-31-18-25(17-29-30(31)22-51(37(29)53)33(20-44-38-42-8-15-55-38)35-32-2-1-9-49(32)23-45-35)24-3-5-27(6-4-24)48-13-11-47(12-14-48)21-26-16-28(19-43-36(26)41)50-10-7-34(52)46-39(50)54/h3-6,8,15-19,23,33H,1-2,7,9-14,20-22H2,(H,42,44)(H,46,52,54). The van der Waals surface area contributed by atoms with E-state index in [2.05, 4.69) is 35.0 Å². The summed E-state index contributed by atoms with van der Waals surface area (Å²) in [5, 5.41) is 8.30. The summed E-state index contributed by atoms with van der Waals surface area (Å²) in [7, 11) is 0. The Morgan fingerprint density at radius 1 is 0.891 bits per heavy atom. The van der Waals surface area contributed by atoms with Gasteiger partial charge in [0, 0.05) is 98.4 Å². The first-order valence-electron chi connectivity index (χ1n) is 18.4. The lowest BCUT2D eigenvalue weighted by atomic mass is 9.99. The number of urea groups is 1. The summed E-state index contributed by atoms with van der Waals surface area (Å²) in [5.74, 6) is -1.54. The van der Waals surface area contributed by atoms with Gasteiger partial charge in [0.05, 0.1) is 36.5 Å². The zero-order valence-electron chi connectivity index (χ0n) is 29.9. The molecule has 4 amide bonds. The van der Waals surface area contributed by atoms with Crippen molar-refractivity contribution < 1.29 is 23.2 Å². The van der Waals surface area contributed by atoms with Crippen molar-refractivity contribution in [1.29, 1.82) is 0 Å². The van der Waals surface area contributed by atoms with Crippen molar-refractivity contribution in [2.75, 3.05) is 54.4 Å². The number of fused-ring (bicyclic) bond motifs is 2. The highest BCUT2D eigenvalue weighted by molar-refractivity contribution is 7.13. The maximum absolute atomic E-state index is 15.9. The van der Waals surface area contributed by atoms with E-state index in [1.807, 2.05) is 36.0 Å². The first kappa shape index (κ1) is 35.0. The number of nitrogens with zero attached hydrogens (tertiary/aromatic N) is 8. The van der Waals surface area contributed by atoms with Crippen molar-refractivity contribution in [2.24, 2.45) is 0 Å². The molecule has 2 fully saturated rings. The SMILES string of the molecule is O=C1CCN(c2cnc(F)c(CN3CCN(c4ccc(-c5cc(F)c6c(c5)C(=O)N(C(CNc5nccs5)c5ncn7c5CCC7)C6)cc4)CC3)c2)C(=O)N1. The van der Waals surface area contributed by atoms with E-state index in [0.717, 1.165) is 47.2 Å². The largest absolute Gasteiger partial charge is 0.369 e. The quantitative estimate of drug-likeness (QED) is 0.184. The van der Waals surface area contributed by atoms with Crippen LogP contribution in [0.1, 0.15) is 51.8 Å². The number of anilines is 3. The van der Waals surface area contributed by atoms with Crippen LogP contribution < -0.4 is 20.4 Å². The van der Waals surface area contributed by atoms with E-state index in [1.54, 1.807) is 23.2 Å². The van der Waals surface area contributed by atoms with Crippen LogP contribution in [0.3, 0.4) is 0 Å². The number of halogens is 2. The minimum Gasteiger partial charge on any atom is -0.369 e. The molecule has 1 atom stereocenters. The first-order chi connectivity index (χ1) is 26.8. The van der Waals surface area contributed by atoms with Gasteiger partial charge < -0.3 is 19.7 Å². The summed E-state index contributed by atoms with van der Waals surface area (Å²) in [6, 6.07) is 11.9. The summed E-state index contributed by atoms with van der Waals surface area (Å²) < 4.78 is 32.8. The number of hydrogen-bond donors (Lipinski definition) is 2. The molecule has 282 valence electrons. The van der Waals surface area contributed by atoms with Crippen LogP contribution in [0.15, 0.2) is 66.6 Å². The fourth-order valence-electron chi connectivity index (χ4n) is 8.06. The Balaban J connectivity index is 0.864. The second kappa shape index (κ2) is 14.5. The normalized spacial score (nSPS) is 17.8. The minimum absolute atomic E-state index is 0.161. The molecule has 9 rings (SSSR count). The summed E-state index contributed by atoms with van der Waals surface area (Å²) in [6.07, 6.45) is 6.98. The number of amides is 4. The van der Waals surface area contributed by atoms with Gasteiger partial charge in [-0.05, 0) is 54.3 Å². The molecule has 7 heterocycles. The summed E-state index contributed by atoms with van der Waals surface area (Å²) in [4.78, 5) is 58.4. The zero-order chi connectivity index (χ0) is 37.6. The number of imide groups is 1. The second-order valence-corrected chi connectivity index (χ2v) is 15.1. The second-order valence-electron chi connectivity index (χ2n) is 14.2. The van der Waals surface area contributed by atoms with Crippen LogP contribution in [0.2, 0.25) is 0 Å². The van der Waals surface area contributed by atoms with Gasteiger partial charge in [0.25, 0.3) is 5.91 Å². The molecule has 2 N–H and O–H groups in total. The zero-order valence-corrected chi connectivity index (χ0v) is 30.7. The molecule has 0 aliphatic carbocycles. The Hall–Kier alpha value is -5.74. The maximum Gasteiger partial charge on any atom is 0.328 e. The van der Waals surface area contributed by atoms with Gasteiger partial charge >= 0.3 is 6.03 Å². The minimum atomic E-state index is -0.586. The summed E-state index contributed by atoms with van der Waals surface area (Å²) in [6.45, 7) is 4.80. The third kappa shape index (κ3) is 6.80. The predicted molar refractivity (Wildman–Crippen MR) is 203 cm³/mol. The van der Waals surface area contributed by atoms with Gasteiger partial charge in [-0.25, -0.2) is 24.1 Å². The van der Waals surface area contributed by atoms with Crippen LogP contribution in [-0.4, -0.2) is 86.4 Å². The average molecular weight is 765 g/mol. The lowest BCUT2D eigenvalue weighted by Gasteiger charge is -2.36. The number of carbonyl (C=O) groups excluding carboxylic acids is 3. The highest BCUT2D eigenvalue weighted by Gasteiger charge is 2.38. The fraction of sp³-hybridized carbons (Fsp3) is 0.333. The molecule has 0 bridgehead atoms. The number of aromatic nitrogens is 4. The molecule has 0 spiro atoms. The number of rotatable bonds is 10. The van der Waals surface area contributed by atoms with Crippen molar-refractivity contribution in [1.82, 2.24) is 34.6 Å². The molecule has 0 saturated carbocycles. The van der Waals surface area contributed by atoms with Gasteiger partial charge in [0.15, 0.2) is 5.13 Å². The summed E-state index contributed by atoms with van der Waals surface area (Å²) in [5.41, 5.74) is 6.03. The van der Waals surface area contributed by atoms with E-state index in [-0.39, 0.29) is 31.3 Å². The van der Waals surface area contributed by atoms with Crippen LogP contribution in [-0.2, 0) is 30.8 Å². The number of aryl methyl sites for hydroxylation is 1. The molecule has 5 aromatic rings. The van der Waals surface area contributed by atoms with Crippen LogP contribution >= 0.6 is 11.3 Å². The lowest BCUT2D eigenvalue weighted by Crippen LogP contribution is -2.49. The van der Waals surface area contributed by atoms with Crippen molar-refractivity contribution in [2.45, 2.75) is 44.9 Å². The highest BCUT2D eigenvalue weighted by Crippen LogP contribution is 2.38. The molecule has 4 aliphatic heterocycles. The molecule has 4 aliphatic rings. The van der Waals surface area contributed by atoms with E-state index < -0.39 is 23.8 Å². The van der Waals surface area contributed by atoms with Gasteiger partial charge in [0.1, 0.15) is 5.82 Å². The number of benzene rings is 2. The predicted octanol–water partition coefficient (Wildman–Crippen LogP) is 5.20. The summed E-state index contributed by atoms with van der Waals surface area (Å²) >= 11 is 1.49. The first-order valence-corrected chi connectivity index (χ1v) is 19.3. The Morgan fingerprint density at radius 3 is 2.51 bits per heavy atom. The van der Waals surface area contributed by atoms with Crippen molar-refractivity contribution >= 4 is 45.7 Å². The number of thiazole rings is 1. The van der Waals surface area contributed by atoms with Crippen molar-refractivity contribution in [3.05, 3.63) is 106 Å². The van der Waals surface area contributed by atoms with Crippen LogP contribution in [0.25, 0.3) is 11.1 Å². The molecular formula is C39H38F2N10O3S. The molecule has 55 heavy (non-hydrogen) atoms. The Morgan fingerprint density at radius 2 is 1.73 bits per heavy atom. The molecule has 0 radical (unpaired) electrons. The van der Waals surface area contributed by atoms with E-state index >= 15 is 4.39 Å². The van der Waals surface area contributed by atoms with Gasteiger partial charge in [0.2, 0.25) is 11.9 Å². The third-order valence-corrected chi connectivity index (χ3v) is 11.7. The smallest absolute Gasteiger partial charge is 0.328 e. The number of carbonyl (C=O) groups is 3. The monoisotopic (exact) mass is 764 g/mol. The lowest BCUT2D eigenvalue weighted by molar-refractivity contribution is -0.120. The number of hydrogen-bond acceptors (Lipinski definition) is 10. The molecule has 2 saturated heterocycles. The molecule has 13 nitrogen and oxygen atoms in total. The molecular weight excluding hydrogens is 727 g/mol. The van der Waals surface area contributed by atoms with Gasteiger partial charge in [-0.3, -0.25) is 24.7 Å². The Labute approximate surface area is 319 Å². The number of pyridine rings is 1. The topological polar surface area (TPSA) is 132 Å². The van der Waals surface area contributed by atoms with Gasteiger partial charge in [-0.15, -0.1) is 11.3 Å². The number of piperazine rings is 1. The van der Waals surface area contributed by atoms with Crippen LogP contribution in [0.4, 0.5) is 30.1 Å². The molecule has 2 aromatic carbocycles. The number of imidazole rings is 1. The maximum atomic E-state index is 15.9. The molecule has 1 unspecified atom stereocenters. The number of nitrogens with one attached hydrogen (secondary N) is 2. The Kier molecular flexibility index (Phi) is 9.22. The van der Waals surface area contributed by atoms with E-state index in [4.69, 9.17) is 4.98 Å². The van der Waals surface area contributed by atoms with E-state index in [9.17, 15) is 18.8 Å². The highest BCUT2D eigenvalue weighted by atomic mass is 32.1. The van der Waals surface area contributed by atoms with Crippen LogP contribution in [0, 0.1) is 11.8 Å². The molecule has 16 heteroatoms. The van der Waals surface area contributed by atoms with Gasteiger partial charge in [-0.2, -0.15) is 4.39 Å². The average Bonchev–Trinajstić information content (AvgIpc) is 4.01. The van der Waals surface area contributed by atoms with Gasteiger partial charge in [-0.1, -0.05) is 12.1 Å². The van der Waals surface area contributed by atoms with Crippen LogP contribution in [0.5, 0.6) is 0 Å². The van der Waals surface area contributed by atoms with E-state index in [1.165, 1.54) is 28.5 Å². The van der Waals surface area contributed by atoms with E-state index in [0.29, 0.717) is 67.2 Å². The Bertz CT molecular complexity index is 2270. The fourth-order valence-corrected chi connectivity index (χ4v) is 8.59. The van der Waals surface area contributed by atoms with Crippen molar-refractivity contribution in [3.8, 4) is 11.1 Å².